The topological polar surface area (TPSA) is 0 Å². The van der Waals surface area contributed by atoms with Gasteiger partial charge in [0.1, 0.15) is 0 Å². The van der Waals surface area contributed by atoms with Crippen molar-refractivity contribution in [3.63, 3.8) is 0 Å². The Bertz CT molecular complexity index is 281. The Labute approximate surface area is 109 Å². The molecule has 1 heteroatoms. The van der Waals surface area contributed by atoms with Gasteiger partial charge >= 0.3 is 0 Å². The molecule has 0 unspecified atom stereocenters. The van der Waals surface area contributed by atoms with Crippen LogP contribution in [0.2, 0.25) is 0 Å². The Balaban J connectivity index is 2.34. The minimum Gasteiger partial charge on any atom is -0.0924 e. The minimum absolute atomic E-state index is 1.07. The first-order chi connectivity index (χ1) is 7.88. The lowest BCUT2D eigenvalue weighted by molar-refractivity contribution is 0.631. The van der Waals surface area contributed by atoms with E-state index in [1.54, 1.807) is 5.56 Å². The van der Waals surface area contributed by atoms with Gasteiger partial charge in [0.15, 0.2) is 0 Å². The minimum atomic E-state index is 1.07. The van der Waals surface area contributed by atoms with E-state index in [0.29, 0.717) is 0 Å². The fourth-order valence-corrected chi connectivity index (χ4v) is 2.49. The Hall–Kier alpha value is -0.300. The quantitative estimate of drug-likeness (QED) is 0.458. The van der Waals surface area contributed by atoms with Gasteiger partial charge in [-0.25, -0.2) is 0 Å². The van der Waals surface area contributed by atoms with Crippen LogP contribution >= 0.6 is 15.9 Å². The van der Waals surface area contributed by atoms with Crippen LogP contribution in [0.25, 0.3) is 0 Å². The van der Waals surface area contributed by atoms with Gasteiger partial charge in [-0.3, -0.25) is 0 Å². The van der Waals surface area contributed by atoms with Crippen molar-refractivity contribution >= 4 is 15.9 Å². The SMILES string of the molecule is CCCCCCCc1ccccc1CCBr. The van der Waals surface area contributed by atoms with E-state index in [1.807, 2.05) is 0 Å². The highest BCUT2D eigenvalue weighted by molar-refractivity contribution is 9.09. The van der Waals surface area contributed by atoms with E-state index in [2.05, 4.69) is 47.1 Å². The van der Waals surface area contributed by atoms with Crippen molar-refractivity contribution < 1.29 is 0 Å². The zero-order valence-corrected chi connectivity index (χ0v) is 11.9. The molecule has 0 saturated carbocycles. The summed E-state index contributed by atoms with van der Waals surface area (Å²) in [6.07, 6.45) is 9.27. The van der Waals surface area contributed by atoms with Crippen molar-refractivity contribution in [2.24, 2.45) is 0 Å². The number of aryl methyl sites for hydroxylation is 2. The van der Waals surface area contributed by atoms with Gasteiger partial charge in [-0.2, -0.15) is 0 Å². The maximum atomic E-state index is 3.52. The van der Waals surface area contributed by atoms with Crippen LogP contribution in [-0.4, -0.2) is 5.33 Å². The summed E-state index contributed by atoms with van der Waals surface area (Å²) in [4.78, 5) is 0. The lowest BCUT2D eigenvalue weighted by Crippen LogP contribution is -1.95. The molecule has 0 spiro atoms. The third-order valence-electron chi connectivity index (χ3n) is 3.03. The van der Waals surface area contributed by atoms with Crippen LogP contribution in [0.1, 0.15) is 50.2 Å². The summed E-state index contributed by atoms with van der Waals surface area (Å²) in [5, 5.41) is 1.07. The van der Waals surface area contributed by atoms with Gasteiger partial charge in [0.05, 0.1) is 0 Å². The lowest BCUT2D eigenvalue weighted by Gasteiger charge is -2.07. The predicted molar refractivity (Wildman–Crippen MR) is 76.4 cm³/mol. The Morgan fingerprint density at radius 1 is 0.875 bits per heavy atom. The Morgan fingerprint density at radius 2 is 1.50 bits per heavy atom. The highest BCUT2D eigenvalue weighted by Gasteiger charge is 2.00. The van der Waals surface area contributed by atoms with Crippen molar-refractivity contribution in [2.45, 2.75) is 51.9 Å². The van der Waals surface area contributed by atoms with Crippen LogP contribution < -0.4 is 0 Å². The molecule has 0 bridgehead atoms. The second kappa shape index (κ2) is 8.81. The second-order valence-corrected chi connectivity index (χ2v) is 5.16. The average Bonchev–Trinajstić information content (AvgIpc) is 2.31. The summed E-state index contributed by atoms with van der Waals surface area (Å²) in [6, 6.07) is 8.87. The van der Waals surface area contributed by atoms with Gasteiger partial charge in [-0.1, -0.05) is 72.8 Å². The number of halogens is 1. The van der Waals surface area contributed by atoms with Crippen LogP contribution in [-0.2, 0) is 12.8 Å². The molecule has 1 aromatic carbocycles. The summed E-state index contributed by atoms with van der Waals surface area (Å²) in [5.74, 6) is 0. The first-order valence-corrected chi connectivity index (χ1v) is 7.63. The zero-order chi connectivity index (χ0) is 11.6. The largest absolute Gasteiger partial charge is 0.0924 e. The first-order valence-electron chi connectivity index (χ1n) is 6.51. The van der Waals surface area contributed by atoms with Gasteiger partial charge < -0.3 is 0 Å². The summed E-state index contributed by atoms with van der Waals surface area (Å²) in [7, 11) is 0. The number of hydrogen-bond acceptors (Lipinski definition) is 0. The number of alkyl halides is 1. The standard InChI is InChI=1S/C15H23Br/c1-2-3-4-5-6-9-14-10-7-8-11-15(14)12-13-16/h7-8,10-11H,2-6,9,12-13H2,1H3. The molecule has 0 nitrogen and oxygen atoms in total. The normalized spacial score (nSPS) is 10.6. The van der Waals surface area contributed by atoms with E-state index in [0.717, 1.165) is 11.8 Å². The molecule has 0 aliphatic carbocycles. The monoisotopic (exact) mass is 282 g/mol. The van der Waals surface area contributed by atoms with Crippen LogP contribution in [0.4, 0.5) is 0 Å². The van der Waals surface area contributed by atoms with E-state index in [-0.39, 0.29) is 0 Å². The van der Waals surface area contributed by atoms with Crippen LogP contribution in [0.15, 0.2) is 24.3 Å². The molecule has 1 rings (SSSR count). The fourth-order valence-electron chi connectivity index (χ4n) is 2.07. The molecule has 0 fully saturated rings. The van der Waals surface area contributed by atoms with Gasteiger partial charge in [0, 0.05) is 5.33 Å². The number of unbranched alkanes of at least 4 members (excludes halogenated alkanes) is 4. The molecular weight excluding hydrogens is 260 g/mol. The molecule has 0 atom stereocenters. The Morgan fingerprint density at radius 3 is 2.12 bits per heavy atom. The van der Waals surface area contributed by atoms with Gasteiger partial charge in [0.25, 0.3) is 0 Å². The molecular formula is C15H23Br. The van der Waals surface area contributed by atoms with Gasteiger partial charge in [-0.15, -0.1) is 0 Å². The third-order valence-corrected chi connectivity index (χ3v) is 3.43. The number of hydrogen-bond donors (Lipinski definition) is 0. The molecule has 0 radical (unpaired) electrons. The molecule has 16 heavy (non-hydrogen) atoms. The molecule has 0 saturated heterocycles. The van der Waals surface area contributed by atoms with Crippen molar-refractivity contribution in [1.29, 1.82) is 0 Å². The predicted octanol–water partition coefficient (Wildman–Crippen LogP) is 5.14. The van der Waals surface area contributed by atoms with E-state index in [4.69, 9.17) is 0 Å². The van der Waals surface area contributed by atoms with E-state index in [1.165, 1.54) is 44.1 Å². The molecule has 0 aliphatic heterocycles. The highest BCUT2D eigenvalue weighted by atomic mass is 79.9. The molecule has 0 aromatic heterocycles. The van der Waals surface area contributed by atoms with Crippen molar-refractivity contribution in [1.82, 2.24) is 0 Å². The smallest absolute Gasteiger partial charge is 0.00719 e. The maximum absolute atomic E-state index is 3.52. The van der Waals surface area contributed by atoms with Crippen molar-refractivity contribution in [3.8, 4) is 0 Å². The zero-order valence-electron chi connectivity index (χ0n) is 10.3. The van der Waals surface area contributed by atoms with Crippen molar-refractivity contribution in [2.75, 3.05) is 5.33 Å². The lowest BCUT2D eigenvalue weighted by atomic mass is 9.99. The van der Waals surface area contributed by atoms with E-state index < -0.39 is 0 Å². The Kier molecular flexibility index (Phi) is 7.58. The maximum Gasteiger partial charge on any atom is 0.00719 e. The number of rotatable bonds is 8. The van der Waals surface area contributed by atoms with Crippen LogP contribution in [0, 0.1) is 0 Å². The average molecular weight is 283 g/mol. The molecule has 0 amide bonds. The first kappa shape index (κ1) is 13.8. The van der Waals surface area contributed by atoms with Crippen LogP contribution in [0.3, 0.4) is 0 Å². The van der Waals surface area contributed by atoms with E-state index in [9.17, 15) is 0 Å². The van der Waals surface area contributed by atoms with Crippen LogP contribution in [0.5, 0.6) is 0 Å². The molecule has 90 valence electrons. The highest BCUT2D eigenvalue weighted by Crippen LogP contribution is 2.14. The fraction of sp³-hybridized carbons (Fsp3) is 0.600. The number of benzene rings is 1. The second-order valence-electron chi connectivity index (χ2n) is 4.37. The summed E-state index contributed by atoms with van der Waals surface area (Å²) in [5.41, 5.74) is 3.08. The van der Waals surface area contributed by atoms with E-state index >= 15 is 0 Å². The molecule has 0 heterocycles. The van der Waals surface area contributed by atoms with Gasteiger partial charge in [-0.05, 0) is 30.4 Å². The third kappa shape index (κ3) is 5.16. The summed E-state index contributed by atoms with van der Waals surface area (Å²) >= 11 is 3.52. The summed E-state index contributed by atoms with van der Waals surface area (Å²) in [6.45, 7) is 2.27. The van der Waals surface area contributed by atoms with Gasteiger partial charge in [0.2, 0.25) is 0 Å². The molecule has 0 aliphatic rings. The molecule has 0 N–H and O–H groups in total. The molecule has 1 aromatic rings. The van der Waals surface area contributed by atoms with Crippen molar-refractivity contribution in [3.05, 3.63) is 35.4 Å². The summed E-state index contributed by atoms with van der Waals surface area (Å²) < 4.78 is 0.